The highest BCUT2D eigenvalue weighted by molar-refractivity contribution is 6.31. The number of carbonyl (C=O) groups excluding carboxylic acids is 1. The Morgan fingerprint density at radius 2 is 2.00 bits per heavy atom. The van der Waals surface area contributed by atoms with Gasteiger partial charge in [0.05, 0.1) is 6.04 Å². The quantitative estimate of drug-likeness (QED) is 0.920. The lowest BCUT2D eigenvalue weighted by Gasteiger charge is -2.31. The van der Waals surface area contributed by atoms with Crippen molar-refractivity contribution >= 4 is 17.5 Å². The van der Waals surface area contributed by atoms with Crippen LogP contribution in [0.15, 0.2) is 24.3 Å². The van der Waals surface area contributed by atoms with Crippen molar-refractivity contribution in [3.8, 4) is 0 Å². The highest BCUT2D eigenvalue weighted by Gasteiger charge is 2.22. The molecule has 19 heavy (non-hydrogen) atoms. The van der Waals surface area contributed by atoms with Gasteiger partial charge in [-0.05, 0) is 44.5 Å². The first-order chi connectivity index (χ1) is 9.18. The molecule has 1 heterocycles. The highest BCUT2D eigenvalue weighted by atomic mass is 35.5. The van der Waals surface area contributed by atoms with E-state index in [1.54, 1.807) is 0 Å². The standard InChI is InChI=1S/C15H21ClN2O/c1-12(18-9-5-2-6-10-18)15(19)17-11-13-7-3-4-8-14(13)16/h3-4,7-8,12H,2,5-6,9-11H2,1H3,(H,17,19)/t12-/m1/s1. The van der Waals surface area contributed by atoms with Gasteiger partial charge in [-0.25, -0.2) is 0 Å². The largest absolute Gasteiger partial charge is 0.351 e. The molecule has 1 aliphatic rings. The van der Waals surface area contributed by atoms with Gasteiger partial charge < -0.3 is 5.32 Å². The van der Waals surface area contributed by atoms with Crippen LogP contribution in [0.5, 0.6) is 0 Å². The third kappa shape index (κ3) is 3.95. The number of hydrogen-bond acceptors (Lipinski definition) is 2. The molecule has 1 atom stereocenters. The second-order valence-electron chi connectivity index (χ2n) is 5.08. The number of nitrogens with zero attached hydrogens (tertiary/aromatic N) is 1. The lowest BCUT2D eigenvalue weighted by Crippen LogP contribution is -2.46. The Hall–Kier alpha value is -1.06. The van der Waals surface area contributed by atoms with Crippen molar-refractivity contribution in [1.29, 1.82) is 0 Å². The number of nitrogens with one attached hydrogen (secondary N) is 1. The van der Waals surface area contributed by atoms with Crippen molar-refractivity contribution in [3.05, 3.63) is 34.9 Å². The van der Waals surface area contributed by atoms with Gasteiger partial charge in [0.15, 0.2) is 0 Å². The summed E-state index contributed by atoms with van der Waals surface area (Å²) in [6, 6.07) is 7.55. The van der Waals surface area contributed by atoms with E-state index in [1.165, 1.54) is 19.3 Å². The third-order valence-electron chi connectivity index (χ3n) is 3.73. The maximum Gasteiger partial charge on any atom is 0.237 e. The maximum absolute atomic E-state index is 12.1. The molecular formula is C15H21ClN2O. The number of amides is 1. The predicted molar refractivity (Wildman–Crippen MR) is 78.2 cm³/mol. The van der Waals surface area contributed by atoms with Crippen molar-refractivity contribution in [2.75, 3.05) is 13.1 Å². The summed E-state index contributed by atoms with van der Waals surface area (Å²) in [7, 11) is 0. The number of hydrogen-bond donors (Lipinski definition) is 1. The number of halogens is 1. The third-order valence-corrected chi connectivity index (χ3v) is 4.10. The molecule has 0 bridgehead atoms. The van der Waals surface area contributed by atoms with Crippen LogP contribution in [0.4, 0.5) is 0 Å². The first kappa shape index (κ1) is 14.4. The van der Waals surface area contributed by atoms with Crippen molar-refractivity contribution in [3.63, 3.8) is 0 Å². The maximum atomic E-state index is 12.1. The number of carbonyl (C=O) groups is 1. The summed E-state index contributed by atoms with van der Waals surface area (Å²) in [5.41, 5.74) is 0.961. The molecule has 0 radical (unpaired) electrons. The normalized spacial score (nSPS) is 18.0. The van der Waals surface area contributed by atoms with Gasteiger partial charge in [-0.3, -0.25) is 9.69 Å². The van der Waals surface area contributed by atoms with Crippen molar-refractivity contribution in [1.82, 2.24) is 10.2 Å². The SMILES string of the molecule is C[C@H](C(=O)NCc1ccccc1Cl)N1CCCCC1. The van der Waals surface area contributed by atoms with E-state index in [9.17, 15) is 4.79 Å². The first-order valence-electron chi connectivity index (χ1n) is 6.93. The van der Waals surface area contributed by atoms with Crippen molar-refractivity contribution in [2.24, 2.45) is 0 Å². The highest BCUT2D eigenvalue weighted by Crippen LogP contribution is 2.15. The second kappa shape index (κ2) is 6.92. The van der Waals surface area contributed by atoms with Gasteiger partial charge in [0.25, 0.3) is 0 Å². The van der Waals surface area contributed by atoms with Crippen LogP contribution in [0.25, 0.3) is 0 Å². The van der Waals surface area contributed by atoms with Gasteiger partial charge in [0, 0.05) is 11.6 Å². The fraction of sp³-hybridized carbons (Fsp3) is 0.533. The van der Waals surface area contributed by atoms with E-state index in [1.807, 2.05) is 31.2 Å². The molecule has 1 aromatic rings. The second-order valence-corrected chi connectivity index (χ2v) is 5.49. The summed E-state index contributed by atoms with van der Waals surface area (Å²) in [5, 5.41) is 3.67. The zero-order chi connectivity index (χ0) is 13.7. The van der Waals surface area contributed by atoms with Crippen molar-refractivity contribution in [2.45, 2.75) is 38.8 Å². The topological polar surface area (TPSA) is 32.3 Å². The Bertz CT molecular complexity index is 430. The average molecular weight is 281 g/mol. The molecule has 1 N–H and O–H groups in total. The Balaban J connectivity index is 1.85. The Kier molecular flexibility index (Phi) is 5.23. The number of rotatable bonds is 4. The van der Waals surface area contributed by atoms with Crippen LogP contribution in [0.3, 0.4) is 0 Å². The van der Waals surface area contributed by atoms with Crippen LogP contribution in [-0.4, -0.2) is 29.9 Å². The van der Waals surface area contributed by atoms with Gasteiger partial charge in [-0.2, -0.15) is 0 Å². The summed E-state index contributed by atoms with van der Waals surface area (Å²) in [6.07, 6.45) is 3.68. The van der Waals surface area contributed by atoms with Crippen LogP contribution < -0.4 is 5.32 Å². The fourth-order valence-electron chi connectivity index (χ4n) is 2.44. The van der Waals surface area contributed by atoms with E-state index < -0.39 is 0 Å². The molecule has 1 aromatic carbocycles. The lowest BCUT2D eigenvalue weighted by molar-refractivity contribution is -0.126. The summed E-state index contributed by atoms with van der Waals surface area (Å²) in [5.74, 6) is 0.0850. The van der Waals surface area contributed by atoms with Crippen LogP contribution in [0.2, 0.25) is 5.02 Å². The number of likely N-dealkylation sites (tertiary alicyclic amines) is 1. The molecule has 0 spiro atoms. The molecule has 0 aromatic heterocycles. The van der Waals surface area contributed by atoms with E-state index in [0.717, 1.165) is 18.7 Å². The molecule has 1 amide bonds. The Morgan fingerprint density at radius 3 is 2.68 bits per heavy atom. The summed E-state index contributed by atoms with van der Waals surface area (Å²) < 4.78 is 0. The molecule has 1 aliphatic heterocycles. The van der Waals surface area contributed by atoms with E-state index in [0.29, 0.717) is 11.6 Å². The van der Waals surface area contributed by atoms with Crippen LogP contribution in [0.1, 0.15) is 31.7 Å². The summed E-state index contributed by atoms with van der Waals surface area (Å²) in [4.78, 5) is 14.4. The van der Waals surface area contributed by atoms with E-state index in [2.05, 4.69) is 10.2 Å². The molecule has 1 fully saturated rings. The molecule has 0 unspecified atom stereocenters. The average Bonchev–Trinajstić information content (AvgIpc) is 2.46. The first-order valence-corrected chi connectivity index (χ1v) is 7.31. The Morgan fingerprint density at radius 1 is 1.32 bits per heavy atom. The molecule has 0 saturated carbocycles. The Labute approximate surface area is 119 Å². The summed E-state index contributed by atoms with van der Waals surface area (Å²) >= 11 is 6.07. The van der Waals surface area contributed by atoms with E-state index >= 15 is 0 Å². The zero-order valence-electron chi connectivity index (χ0n) is 11.4. The number of piperidine rings is 1. The molecule has 1 saturated heterocycles. The van der Waals surface area contributed by atoms with Gasteiger partial charge >= 0.3 is 0 Å². The van der Waals surface area contributed by atoms with Gasteiger partial charge in [-0.15, -0.1) is 0 Å². The summed E-state index contributed by atoms with van der Waals surface area (Å²) in [6.45, 7) is 4.53. The van der Waals surface area contributed by atoms with Crippen LogP contribution in [0, 0.1) is 0 Å². The fourth-order valence-corrected chi connectivity index (χ4v) is 2.65. The van der Waals surface area contributed by atoms with Gasteiger partial charge in [0.2, 0.25) is 5.91 Å². The monoisotopic (exact) mass is 280 g/mol. The molecule has 2 rings (SSSR count). The molecule has 0 aliphatic carbocycles. The van der Waals surface area contributed by atoms with E-state index in [-0.39, 0.29) is 11.9 Å². The molecule has 3 nitrogen and oxygen atoms in total. The lowest BCUT2D eigenvalue weighted by atomic mass is 10.1. The molecule has 104 valence electrons. The minimum Gasteiger partial charge on any atom is -0.351 e. The predicted octanol–water partition coefficient (Wildman–Crippen LogP) is 2.83. The minimum atomic E-state index is -0.0530. The number of benzene rings is 1. The van der Waals surface area contributed by atoms with Gasteiger partial charge in [0.1, 0.15) is 0 Å². The zero-order valence-corrected chi connectivity index (χ0v) is 12.1. The smallest absolute Gasteiger partial charge is 0.237 e. The van der Waals surface area contributed by atoms with Gasteiger partial charge in [-0.1, -0.05) is 36.2 Å². The minimum absolute atomic E-state index is 0.0530. The van der Waals surface area contributed by atoms with Crippen molar-refractivity contribution < 1.29 is 4.79 Å². The molecule has 4 heteroatoms. The van der Waals surface area contributed by atoms with Crippen LogP contribution >= 0.6 is 11.6 Å². The van der Waals surface area contributed by atoms with Crippen LogP contribution in [-0.2, 0) is 11.3 Å². The van der Waals surface area contributed by atoms with E-state index in [4.69, 9.17) is 11.6 Å². The molecular weight excluding hydrogens is 260 g/mol.